The molecular formula is C13H20O6. The summed E-state index contributed by atoms with van der Waals surface area (Å²) in [5.41, 5.74) is 0. The van der Waals surface area contributed by atoms with Crippen molar-refractivity contribution in [1.82, 2.24) is 0 Å². The highest BCUT2D eigenvalue weighted by Crippen LogP contribution is 2.08. The number of hydrogen-bond donors (Lipinski definition) is 0. The molecule has 1 saturated heterocycles. The minimum atomic E-state index is -0.403. The molecule has 0 saturated carbocycles. The topological polar surface area (TPSA) is 74.4 Å². The van der Waals surface area contributed by atoms with Gasteiger partial charge < -0.3 is 18.9 Å². The van der Waals surface area contributed by atoms with Gasteiger partial charge in [0.25, 0.3) is 0 Å². The highest BCUT2D eigenvalue weighted by atomic mass is 16.6. The van der Waals surface area contributed by atoms with Crippen LogP contribution in [0, 0.1) is 0 Å². The minimum absolute atomic E-state index is 0.147. The Labute approximate surface area is 113 Å². The number of carbonyl (C=O) groups excluding carboxylic acids is 2. The van der Waals surface area contributed by atoms with Gasteiger partial charge in [-0.15, -0.1) is 0 Å². The Bertz CT molecular complexity index is 296. The zero-order valence-electron chi connectivity index (χ0n) is 11.1. The van der Waals surface area contributed by atoms with Crippen LogP contribution in [0.3, 0.4) is 0 Å². The fourth-order valence-electron chi connectivity index (χ4n) is 0.803. The largest absolute Gasteiger partial charge is 0.460 e. The molecule has 1 aliphatic rings. The molecule has 0 N–H and O–H groups in total. The summed E-state index contributed by atoms with van der Waals surface area (Å²) in [6.45, 7) is 10.9. The molecule has 1 atom stereocenters. The van der Waals surface area contributed by atoms with E-state index in [9.17, 15) is 9.59 Å². The van der Waals surface area contributed by atoms with Crippen molar-refractivity contribution in [1.29, 1.82) is 0 Å². The third kappa shape index (κ3) is 12.6. The van der Waals surface area contributed by atoms with Crippen LogP contribution in [-0.4, -0.2) is 51.1 Å². The van der Waals surface area contributed by atoms with Gasteiger partial charge in [0.15, 0.2) is 0 Å². The molecule has 0 aromatic heterocycles. The first kappa shape index (κ1) is 17.3. The number of carbonyl (C=O) groups is 2. The first-order chi connectivity index (χ1) is 9.13. The van der Waals surface area contributed by atoms with E-state index < -0.39 is 5.97 Å². The van der Waals surface area contributed by atoms with Gasteiger partial charge in [-0.25, -0.2) is 9.59 Å². The predicted molar refractivity (Wildman–Crippen MR) is 68.5 cm³/mol. The molecule has 0 bridgehead atoms. The summed E-state index contributed by atoms with van der Waals surface area (Å²) in [5, 5.41) is 0. The van der Waals surface area contributed by atoms with Crippen LogP contribution in [0.15, 0.2) is 25.3 Å². The molecule has 0 aliphatic carbocycles. The first-order valence-electron chi connectivity index (χ1n) is 5.91. The summed E-state index contributed by atoms with van der Waals surface area (Å²) in [4.78, 5) is 20.7. The van der Waals surface area contributed by atoms with Gasteiger partial charge in [0, 0.05) is 18.8 Å². The number of epoxide rings is 1. The van der Waals surface area contributed by atoms with Crippen molar-refractivity contribution < 1.29 is 28.5 Å². The summed E-state index contributed by atoms with van der Waals surface area (Å²) >= 11 is 0. The van der Waals surface area contributed by atoms with Crippen LogP contribution in [0.2, 0.25) is 0 Å². The van der Waals surface area contributed by atoms with E-state index in [-0.39, 0.29) is 12.1 Å². The van der Waals surface area contributed by atoms with Crippen LogP contribution in [0.25, 0.3) is 0 Å². The second-order valence-corrected chi connectivity index (χ2v) is 3.36. The van der Waals surface area contributed by atoms with Crippen LogP contribution < -0.4 is 0 Å². The lowest BCUT2D eigenvalue weighted by Gasteiger charge is -2.00. The van der Waals surface area contributed by atoms with Gasteiger partial charge in [-0.3, -0.25) is 0 Å². The third-order valence-corrected chi connectivity index (χ3v) is 1.82. The minimum Gasteiger partial charge on any atom is -0.460 e. The number of rotatable bonds is 8. The van der Waals surface area contributed by atoms with Crippen molar-refractivity contribution >= 4 is 11.9 Å². The monoisotopic (exact) mass is 272 g/mol. The number of ether oxygens (including phenoxy) is 4. The average molecular weight is 272 g/mol. The Balaban J connectivity index is 0.000000342. The lowest BCUT2D eigenvalue weighted by Crippen LogP contribution is -2.07. The number of esters is 2. The second-order valence-electron chi connectivity index (χ2n) is 3.36. The Hall–Kier alpha value is -1.66. The maximum Gasteiger partial charge on any atom is 0.330 e. The average Bonchev–Trinajstić information content (AvgIpc) is 3.25. The first-order valence-corrected chi connectivity index (χ1v) is 5.91. The normalized spacial score (nSPS) is 15.5. The number of hydrogen-bond acceptors (Lipinski definition) is 6. The molecule has 6 nitrogen and oxygen atoms in total. The van der Waals surface area contributed by atoms with E-state index in [2.05, 4.69) is 22.6 Å². The molecule has 0 aromatic carbocycles. The third-order valence-electron chi connectivity index (χ3n) is 1.82. The van der Waals surface area contributed by atoms with Gasteiger partial charge in [0.2, 0.25) is 0 Å². The molecule has 6 heteroatoms. The van der Waals surface area contributed by atoms with E-state index in [1.165, 1.54) is 0 Å². The van der Waals surface area contributed by atoms with E-state index in [1.54, 1.807) is 0 Å². The fraction of sp³-hybridized carbons (Fsp3) is 0.538. The van der Waals surface area contributed by atoms with Crippen molar-refractivity contribution in [2.75, 3.05) is 33.0 Å². The van der Waals surface area contributed by atoms with Crippen molar-refractivity contribution in [2.45, 2.75) is 13.0 Å². The van der Waals surface area contributed by atoms with Crippen LogP contribution in [-0.2, 0) is 28.5 Å². The standard InChI is InChI=1S/C7H12O3.C6H8O3/c1-3-7(8)10-6-5-9-4-2;1-2-6(7)9-4-5-3-8-5/h3H,1,4-6H2,2H3;2,5H,1,3-4H2. The SMILES string of the molecule is C=CC(=O)OCC1CO1.C=CC(=O)OCCOCC. The summed E-state index contributed by atoms with van der Waals surface area (Å²) in [6.07, 6.45) is 2.42. The molecule has 0 spiro atoms. The zero-order valence-corrected chi connectivity index (χ0v) is 11.1. The zero-order chi connectivity index (χ0) is 14.5. The molecule has 0 amide bonds. The maximum absolute atomic E-state index is 10.4. The Morgan fingerprint density at radius 1 is 1.21 bits per heavy atom. The molecule has 1 rings (SSSR count). The van der Waals surface area contributed by atoms with Gasteiger partial charge in [-0.05, 0) is 6.92 Å². The van der Waals surface area contributed by atoms with Gasteiger partial charge in [-0.2, -0.15) is 0 Å². The Kier molecular flexibility index (Phi) is 10.4. The molecule has 19 heavy (non-hydrogen) atoms. The molecule has 1 heterocycles. The summed E-state index contributed by atoms with van der Waals surface area (Å²) in [6, 6.07) is 0. The predicted octanol–water partition coefficient (Wildman–Crippen LogP) is 0.866. The molecule has 108 valence electrons. The summed E-state index contributed by atoms with van der Waals surface area (Å²) in [7, 11) is 0. The van der Waals surface area contributed by atoms with Gasteiger partial charge in [0.1, 0.15) is 19.3 Å². The van der Waals surface area contributed by atoms with E-state index in [0.717, 1.165) is 12.2 Å². The van der Waals surface area contributed by atoms with E-state index in [0.29, 0.717) is 33.0 Å². The van der Waals surface area contributed by atoms with Crippen LogP contribution >= 0.6 is 0 Å². The molecule has 1 aliphatic heterocycles. The smallest absolute Gasteiger partial charge is 0.330 e. The van der Waals surface area contributed by atoms with E-state index >= 15 is 0 Å². The molecular weight excluding hydrogens is 252 g/mol. The molecule has 0 radical (unpaired) electrons. The van der Waals surface area contributed by atoms with Crippen molar-refractivity contribution in [3.05, 3.63) is 25.3 Å². The maximum atomic E-state index is 10.4. The van der Waals surface area contributed by atoms with E-state index in [4.69, 9.17) is 9.47 Å². The van der Waals surface area contributed by atoms with E-state index in [1.807, 2.05) is 6.92 Å². The van der Waals surface area contributed by atoms with Crippen molar-refractivity contribution in [2.24, 2.45) is 0 Å². The molecule has 1 unspecified atom stereocenters. The van der Waals surface area contributed by atoms with Gasteiger partial charge in [0.05, 0.1) is 13.2 Å². The summed E-state index contributed by atoms with van der Waals surface area (Å²) in [5.74, 6) is -0.787. The molecule has 1 fully saturated rings. The Morgan fingerprint density at radius 2 is 1.79 bits per heavy atom. The Morgan fingerprint density at radius 3 is 2.26 bits per heavy atom. The van der Waals surface area contributed by atoms with Crippen molar-refractivity contribution in [3.8, 4) is 0 Å². The van der Waals surface area contributed by atoms with Crippen LogP contribution in [0.5, 0.6) is 0 Å². The lowest BCUT2D eigenvalue weighted by atomic mass is 10.5. The second kappa shape index (κ2) is 11.4. The quantitative estimate of drug-likeness (QED) is 0.282. The highest BCUT2D eigenvalue weighted by Gasteiger charge is 2.23. The van der Waals surface area contributed by atoms with Gasteiger partial charge >= 0.3 is 11.9 Å². The lowest BCUT2D eigenvalue weighted by molar-refractivity contribution is -0.139. The van der Waals surface area contributed by atoms with Gasteiger partial charge in [-0.1, -0.05) is 13.2 Å². The van der Waals surface area contributed by atoms with Crippen LogP contribution in [0.4, 0.5) is 0 Å². The molecule has 0 aromatic rings. The highest BCUT2D eigenvalue weighted by molar-refractivity contribution is 5.81. The fourth-order valence-corrected chi connectivity index (χ4v) is 0.803. The summed E-state index contributed by atoms with van der Waals surface area (Å²) < 4.78 is 19.0. The van der Waals surface area contributed by atoms with Crippen LogP contribution in [0.1, 0.15) is 6.92 Å². The van der Waals surface area contributed by atoms with Crippen molar-refractivity contribution in [3.63, 3.8) is 0 Å².